The van der Waals surface area contributed by atoms with Crippen LogP contribution in [0.3, 0.4) is 0 Å². The van der Waals surface area contributed by atoms with Gasteiger partial charge in [-0.25, -0.2) is 26.9 Å². The van der Waals surface area contributed by atoms with Crippen molar-refractivity contribution in [2.24, 2.45) is 0 Å². The molecule has 0 atom stereocenters. The number of nitrogens with zero attached hydrogens (tertiary/aromatic N) is 1. The Kier molecular flexibility index (Phi) is 5.27. The van der Waals surface area contributed by atoms with E-state index in [9.17, 15) is 17.2 Å². The Labute approximate surface area is 144 Å². The van der Waals surface area contributed by atoms with Crippen molar-refractivity contribution >= 4 is 21.4 Å². The predicted octanol–water partition coefficient (Wildman–Crippen LogP) is 3.95. The Morgan fingerprint density at radius 3 is 2.50 bits per heavy atom. The molecule has 130 valence electrons. The second kappa shape index (κ2) is 7.25. The maximum Gasteiger partial charge on any atom is 0.246 e. The van der Waals surface area contributed by atoms with Crippen LogP contribution < -0.4 is 4.72 Å². The highest BCUT2D eigenvalue weighted by Crippen LogP contribution is 2.33. The molecule has 1 aromatic heterocycles. The molecule has 1 heterocycles. The van der Waals surface area contributed by atoms with Gasteiger partial charge < -0.3 is 0 Å². The van der Waals surface area contributed by atoms with Gasteiger partial charge in [0.1, 0.15) is 16.6 Å². The number of hydrogen-bond donors (Lipinski definition) is 1. The molecule has 24 heavy (non-hydrogen) atoms. The number of hydrogen-bond acceptors (Lipinski definition) is 4. The number of thiazole rings is 1. The van der Waals surface area contributed by atoms with Crippen LogP contribution in [-0.2, 0) is 16.6 Å². The fraction of sp³-hybridized carbons (Fsp3) is 0.438. The summed E-state index contributed by atoms with van der Waals surface area (Å²) < 4.78 is 53.8. The summed E-state index contributed by atoms with van der Waals surface area (Å²) >= 11 is 1.36. The third-order valence-electron chi connectivity index (χ3n) is 4.19. The second-order valence-corrected chi connectivity index (χ2v) is 8.52. The van der Waals surface area contributed by atoms with Crippen molar-refractivity contribution in [1.29, 1.82) is 0 Å². The van der Waals surface area contributed by atoms with E-state index in [2.05, 4.69) is 9.71 Å². The molecule has 0 saturated heterocycles. The lowest BCUT2D eigenvalue weighted by atomic mass is 9.87. The molecule has 0 amide bonds. The fourth-order valence-corrected chi connectivity index (χ4v) is 4.99. The predicted molar refractivity (Wildman–Crippen MR) is 88.3 cm³/mol. The Morgan fingerprint density at radius 1 is 1.17 bits per heavy atom. The molecule has 3 rings (SSSR count). The summed E-state index contributed by atoms with van der Waals surface area (Å²) in [6.07, 6.45) is 5.85. The van der Waals surface area contributed by atoms with Gasteiger partial charge in [0.2, 0.25) is 10.0 Å². The Bertz CT molecular complexity index is 795. The Hall–Kier alpha value is -1.38. The lowest BCUT2D eigenvalue weighted by Crippen LogP contribution is -2.25. The summed E-state index contributed by atoms with van der Waals surface area (Å²) in [6, 6.07) is 2.96. The molecule has 2 aromatic rings. The number of aromatic nitrogens is 1. The van der Waals surface area contributed by atoms with E-state index in [4.69, 9.17) is 0 Å². The number of nitrogens with one attached hydrogen (secondary N) is 1. The first-order chi connectivity index (χ1) is 11.5. The van der Waals surface area contributed by atoms with Gasteiger partial charge in [-0.3, -0.25) is 0 Å². The molecule has 0 spiro atoms. The minimum absolute atomic E-state index is 0.0759. The van der Waals surface area contributed by atoms with Crippen LogP contribution in [0.15, 0.2) is 28.5 Å². The summed E-state index contributed by atoms with van der Waals surface area (Å²) in [6.45, 7) is -0.0759. The minimum atomic E-state index is -4.27. The summed E-state index contributed by atoms with van der Waals surface area (Å²) in [5.41, 5.74) is 0.992. The molecule has 1 aliphatic rings. The van der Waals surface area contributed by atoms with E-state index < -0.39 is 26.6 Å². The molecule has 1 aliphatic carbocycles. The van der Waals surface area contributed by atoms with E-state index >= 15 is 0 Å². The Morgan fingerprint density at radius 2 is 1.83 bits per heavy atom. The number of rotatable bonds is 5. The minimum Gasteiger partial charge on any atom is -0.245 e. The van der Waals surface area contributed by atoms with Gasteiger partial charge in [-0.15, -0.1) is 11.3 Å². The van der Waals surface area contributed by atoms with Crippen molar-refractivity contribution in [3.05, 3.63) is 45.9 Å². The zero-order valence-corrected chi connectivity index (χ0v) is 14.6. The monoisotopic (exact) mass is 372 g/mol. The van der Waals surface area contributed by atoms with Crippen molar-refractivity contribution in [1.82, 2.24) is 9.71 Å². The molecule has 1 N–H and O–H groups in total. The molecule has 0 bridgehead atoms. The second-order valence-electron chi connectivity index (χ2n) is 5.88. The zero-order valence-electron chi connectivity index (χ0n) is 13.0. The quantitative estimate of drug-likeness (QED) is 0.865. The van der Waals surface area contributed by atoms with E-state index in [1.807, 2.05) is 5.38 Å². The summed E-state index contributed by atoms with van der Waals surface area (Å²) in [5, 5.41) is 2.54. The normalized spacial score (nSPS) is 16.4. The molecule has 1 saturated carbocycles. The van der Waals surface area contributed by atoms with Gasteiger partial charge in [0.05, 0.1) is 12.2 Å². The number of halogens is 2. The molecule has 0 aliphatic heterocycles. The van der Waals surface area contributed by atoms with E-state index in [1.54, 1.807) is 0 Å². The van der Waals surface area contributed by atoms with Crippen molar-refractivity contribution in [3.63, 3.8) is 0 Å². The highest BCUT2D eigenvalue weighted by molar-refractivity contribution is 7.89. The van der Waals surface area contributed by atoms with Gasteiger partial charge in [0.25, 0.3) is 0 Å². The highest BCUT2D eigenvalue weighted by atomic mass is 32.2. The standard InChI is InChI=1S/C16H18F2N2O2S2/c17-12-7-4-8-13(18)16(12)24(21,22)19-9-15-20-14(10-23-15)11-5-2-1-3-6-11/h4,7-8,10-11,19H,1-3,5-6,9H2. The first kappa shape index (κ1) is 17.4. The maximum absolute atomic E-state index is 13.6. The van der Waals surface area contributed by atoms with Gasteiger partial charge >= 0.3 is 0 Å². The lowest BCUT2D eigenvalue weighted by Gasteiger charge is -2.19. The fourth-order valence-electron chi connectivity index (χ4n) is 2.96. The van der Waals surface area contributed by atoms with Gasteiger partial charge in [-0.05, 0) is 25.0 Å². The average Bonchev–Trinajstić information content (AvgIpc) is 3.03. The third kappa shape index (κ3) is 3.81. The largest absolute Gasteiger partial charge is 0.246 e. The van der Waals surface area contributed by atoms with Crippen molar-refractivity contribution in [2.75, 3.05) is 0 Å². The van der Waals surface area contributed by atoms with Crippen LogP contribution in [0.1, 0.15) is 48.7 Å². The smallest absolute Gasteiger partial charge is 0.245 e. The third-order valence-corrected chi connectivity index (χ3v) is 6.51. The highest BCUT2D eigenvalue weighted by Gasteiger charge is 2.24. The van der Waals surface area contributed by atoms with Crippen molar-refractivity contribution in [3.8, 4) is 0 Å². The first-order valence-corrected chi connectivity index (χ1v) is 10.2. The SMILES string of the molecule is O=S(=O)(NCc1nc(C2CCCCC2)cs1)c1c(F)cccc1F. The van der Waals surface area contributed by atoms with E-state index in [0.29, 0.717) is 10.9 Å². The van der Waals surface area contributed by atoms with E-state index in [1.165, 1.54) is 30.6 Å². The number of benzene rings is 1. The topological polar surface area (TPSA) is 59.1 Å². The molecule has 1 fully saturated rings. The summed E-state index contributed by atoms with van der Waals surface area (Å²) in [5.74, 6) is -1.78. The molecular weight excluding hydrogens is 354 g/mol. The first-order valence-electron chi connectivity index (χ1n) is 7.85. The van der Waals surface area contributed by atoms with Gasteiger partial charge in [0, 0.05) is 11.3 Å². The summed E-state index contributed by atoms with van der Waals surface area (Å²) in [4.78, 5) is 3.53. The van der Waals surface area contributed by atoms with Crippen LogP contribution in [0.4, 0.5) is 8.78 Å². The van der Waals surface area contributed by atoms with Gasteiger partial charge in [0.15, 0.2) is 4.90 Å². The zero-order chi connectivity index (χ0) is 17.2. The van der Waals surface area contributed by atoms with E-state index in [-0.39, 0.29) is 6.54 Å². The van der Waals surface area contributed by atoms with Crippen molar-refractivity contribution < 1.29 is 17.2 Å². The maximum atomic E-state index is 13.6. The van der Waals surface area contributed by atoms with Crippen molar-refractivity contribution in [2.45, 2.75) is 49.5 Å². The van der Waals surface area contributed by atoms with Crippen LogP contribution in [0, 0.1) is 11.6 Å². The Balaban J connectivity index is 1.70. The van der Waals surface area contributed by atoms with Gasteiger partial charge in [-0.1, -0.05) is 25.3 Å². The average molecular weight is 372 g/mol. The van der Waals surface area contributed by atoms with Crippen LogP contribution >= 0.6 is 11.3 Å². The van der Waals surface area contributed by atoms with Gasteiger partial charge in [-0.2, -0.15) is 0 Å². The molecule has 1 aromatic carbocycles. The lowest BCUT2D eigenvalue weighted by molar-refractivity contribution is 0.437. The van der Waals surface area contributed by atoms with Crippen LogP contribution in [-0.4, -0.2) is 13.4 Å². The van der Waals surface area contributed by atoms with E-state index in [0.717, 1.165) is 36.7 Å². The van der Waals surface area contributed by atoms with Crippen LogP contribution in [0.25, 0.3) is 0 Å². The van der Waals surface area contributed by atoms with Crippen LogP contribution in [0.2, 0.25) is 0 Å². The molecular formula is C16H18F2N2O2S2. The summed E-state index contributed by atoms with van der Waals surface area (Å²) in [7, 11) is -4.27. The number of sulfonamides is 1. The molecule has 8 heteroatoms. The molecule has 0 radical (unpaired) electrons. The molecule has 0 unspecified atom stereocenters. The van der Waals surface area contributed by atoms with Crippen LogP contribution in [0.5, 0.6) is 0 Å². The molecule has 4 nitrogen and oxygen atoms in total.